The number of methoxy groups -OCH3 is 1. The zero-order valence-electron chi connectivity index (χ0n) is 18.3. The minimum atomic E-state index is -4.47. The van der Waals surface area contributed by atoms with Gasteiger partial charge in [0.2, 0.25) is 0 Å². The minimum absolute atomic E-state index is 0.479. The van der Waals surface area contributed by atoms with E-state index in [1.165, 1.54) is 19.2 Å². The van der Waals surface area contributed by atoms with Gasteiger partial charge in [0, 0.05) is 0 Å². The fourth-order valence-corrected chi connectivity index (χ4v) is 4.88. The Morgan fingerprint density at radius 1 is 0.812 bits per heavy atom. The van der Waals surface area contributed by atoms with Crippen LogP contribution in [0.15, 0.2) is 54.1 Å². The van der Waals surface area contributed by atoms with E-state index in [4.69, 9.17) is 9.16 Å². The van der Waals surface area contributed by atoms with Crippen molar-refractivity contribution in [1.82, 2.24) is 0 Å². The molecule has 2 aromatic rings. The molecule has 0 radical (unpaired) electrons. The van der Waals surface area contributed by atoms with Gasteiger partial charge in [-0.05, 0) is 67.3 Å². The van der Waals surface area contributed by atoms with Crippen molar-refractivity contribution in [1.29, 1.82) is 0 Å². The number of ether oxygens (including phenoxy) is 1. The van der Waals surface area contributed by atoms with Crippen molar-refractivity contribution < 1.29 is 35.5 Å². The van der Waals surface area contributed by atoms with Crippen molar-refractivity contribution in [3.05, 3.63) is 70.8 Å². The summed E-state index contributed by atoms with van der Waals surface area (Å²) in [5.41, 5.74) is -0.179. The highest BCUT2D eigenvalue weighted by molar-refractivity contribution is 6.73. The van der Waals surface area contributed by atoms with Crippen molar-refractivity contribution in [2.75, 3.05) is 26.0 Å². The molecule has 0 saturated carbocycles. The Balaban J connectivity index is 2.63. The van der Waals surface area contributed by atoms with Crippen molar-refractivity contribution in [2.24, 2.45) is 0 Å². The van der Waals surface area contributed by atoms with E-state index in [0.717, 1.165) is 12.1 Å². The first-order chi connectivity index (χ1) is 15.0. The summed E-state index contributed by atoms with van der Waals surface area (Å²) in [7, 11) is -2.53. The SMILES string of the molecule is COc1ccc(C(C)(O[Si](CF)(CF)CF)C(C)=C(C)c2ccc(C(F)(F)F)cc2)cc1. The van der Waals surface area contributed by atoms with E-state index in [-0.39, 0.29) is 0 Å². The molecular weight excluding hydrogens is 450 g/mol. The first-order valence-electron chi connectivity index (χ1n) is 9.84. The summed E-state index contributed by atoms with van der Waals surface area (Å²) in [5.74, 6) is 0.544. The van der Waals surface area contributed by atoms with E-state index in [2.05, 4.69) is 0 Å². The summed E-state index contributed by atoms with van der Waals surface area (Å²) in [6.07, 6.45) is -8.23. The lowest BCUT2D eigenvalue weighted by molar-refractivity contribution is -0.137. The molecule has 0 saturated heterocycles. The molecule has 0 heterocycles. The lowest BCUT2D eigenvalue weighted by Crippen LogP contribution is -2.53. The highest BCUT2D eigenvalue weighted by Gasteiger charge is 2.45. The Hall–Kier alpha value is -2.26. The maximum atomic E-state index is 13.7. The third-order valence-corrected chi connectivity index (χ3v) is 8.02. The van der Waals surface area contributed by atoms with Gasteiger partial charge in [-0.1, -0.05) is 24.3 Å². The van der Waals surface area contributed by atoms with Crippen molar-refractivity contribution >= 4 is 13.9 Å². The van der Waals surface area contributed by atoms with Gasteiger partial charge in [0.25, 0.3) is 8.32 Å². The summed E-state index contributed by atoms with van der Waals surface area (Å²) >= 11 is 0. The van der Waals surface area contributed by atoms with Gasteiger partial charge in [0.1, 0.15) is 30.2 Å². The second-order valence-electron chi connectivity index (χ2n) is 7.77. The summed E-state index contributed by atoms with van der Waals surface area (Å²) in [6, 6.07) is 11.1. The van der Waals surface area contributed by atoms with Crippen LogP contribution in [0.4, 0.5) is 26.3 Å². The van der Waals surface area contributed by atoms with Gasteiger partial charge in [0.05, 0.1) is 12.7 Å². The van der Waals surface area contributed by atoms with E-state index in [1.54, 1.807) is 45.0 Å². The summed E-state index contributed by atoms with van der Waals surface area (Å²) in [4.78, 5) is 0. The largest absolute Gasteiger partial charge is 0.497 e. The van der Waals surface area contributed by atoms with Gasteiger partial charge in [-0.25, -0.2) is 0 Å². The first-order valence-corrected chi connectivity index (χ1v) is 12.4. The molecule has 0 bridgehead atoms. The highest BCUT2D eigenvalue weighted by Crippen LogP contribution is 2.41. The molecule has 0 fully saturated rings. The number of rotatable bonds is 9. The van der Waals surface area contributed by atoms with Crippen LogP contribution in [0.3, 0.4) is 0 Å². The van der Waals surface area contributed by atoms with E-state index in [9.17, 15) is 26.3 Å². The van der Waals surface area contributed by atoms with Crippen LogP contribution in [0.2, 0.25) is 0 Å². The molecule has 2 nitrogen and oxygen atoms in total. The van der Waals surface area contributed by atoms with Crippen LogP contribution in [0.5, 0.6) is 5.75 Å². The normalized spacial score (nSPS) is 15.2. The number of halogens is 6. The van der Waals surface area contributed by atoms with Gasteiger partial charge in [-0.15, -0.1) is 0 Å². The fourth-order valence-electron chi connectivity index (χ4n) is 3.37. The fraction of sp³-hybridized carbons (Fsp3) is 0.391. The van der Waals surface area contributed by atoms with E-state index in [0.29, 0.717) is 28.0 Å². The Kier molecular flexibility index (Phi) is 8.22. The minimum Gasteiger partial charge on any atom is -0.497 e. The summed E-state index contributed by atoms with van der Waals surface area (Å²) in [6.45, 7) is 4.91. The Bertz CT molecular complexity index is 913. The summed E-state index contributed by atoms with van der Waals surface area (Å²) in [5, 5.41) is 0. The third-order valence-electron chi connectivity index (χ3n) is 5.72. The second-order valence-corrected chi connectivity index (χ2v) is 11.1. The van der Waals surface area contributed by atoms with Gasteiger partial charge in [-0.3, -0.25) is 13.2 Å². The van der Waals surface area contributed by atoms with Crippen LogP contribution in [0.1, 0.15) is 37.5 Å². The lowest BCUT2D eigenvalue weighted by Gasteiger charge is -2.40. The number of allylic oxidation sites excluding steroid dienone is 1. The first kappa shape index (κ1) is 26.0. The van der Waals surface area contributed by atoms with Gasteiger partial charge < -0.3 is 9.16 Å². The maximum Gasteiger partial charge on any atom is 0.416 e. The molecule has 0 amide bonds. The van der Waals surface area contributed by atoms with Crippen LogP contribution in [-0.4, -0.2) is 34.3 Å². The van der Waals surface area contributed by atoms with Crippen LogP contribution in [0.25, 0.3) is 5.57 Å². The average molecular weight is 477 g/mol. The standard InChI is InChI=1S/C23H26F6O2Si/c1-16(18-5-7-20(8-6-18)23(27,28)29)17(2)22(3,31-32(13-24,14-25)15-26)19-9-11-21(30-4)12-10-19/h5-12H,13-15H2,1-4H3. The molecule has 0 spiro atoms. The molecule has 2 aromatic carbocycles. The number of hydrogen-bond acceptors (Lipinski definition) is 2. The van der Waals surface area contributed by atoms with Crippen LogP contribution < -0.4 is 4.74 Å². The molecule has 2 rings (SSSR count). The molecule has 1 unspecified atom stereocenters. The lowest BCUT2D eigenvalue weighted by atomic mass is 9.84. The van der Waals surface area contributed by atoms with Gasteiger partial charge >= 0.3 is 6.18 Å². The van der Waals surface area contributed by atoms with E-state index < -0.39 is 44.6 Å². The monoisotopic (exact) mass is 476 g/mol. The van der Waals surface area contributed by atoms with Crippen molar-refractivity contribution in [3.63, 3.8) is 0 Å². The molecule has 0 aliphatic heterocycles. The molecule has 0 aliphatic rings. The predicted octanol–water partition coefficient (Wildman–Crippen LogP) is 6.91. The molecule has 1 atom stereocenters. The maximum absolute atomic E-state index is 13.7. The summed E-state index contributed by atoms with van der Waals surface area (Å²) < 4.78 is 91.0. The molecule has 9 heteroatoms. The topological polar surface area (TPSA) is 18.5 Å². The second kappa shape index (κ2) is 10.1. The van der Waals surface area contributed by atoms with Crippen molar-refractivity contribution in [2.45, 2.75) is 32.5 Å². The third kappa shape index (κ3) is 5.37. The molecule has 0 N–H and O–H groups in total. The van der Waals surface area contributed by atoms with E-state index in [1.807, 2.05) is 0 Å². The molecule has 0 aliphatic carbocycles. The van der Waals surface area contributed by atoms with Gasteiger partial charge in [0.15, 0.2) is 0 Å². The van der Waals surface area contributed by atoms with Gasteiger partial charge in [-0.2, -0.15) is 13.2 Å². The Morgan fingerprint density at radius 2 is 1.28 bits per heavy atom. The molecular formula is C23H26F6O2Si. The quantitative estimate of drug-likeness (QED) is 0.289. The van der Waals surface area contributed by atoms with Crippen LogP contribution >= 0.6 is 0 Å². The van der Waals surface area contributed by atoms with Crippen molar-refractivity contribution in [3.8, 4) is 5.75 Å². The molecule has 32 heavy (non-hydrogen) atoms. The van der Waals surface area contributed by atoms with Crippen LogP contribution in [-0.2, 0) is 16.2 Å². The zero-order chi connectivity index (χ0) is 24.2. The van der Waals surface area contributed by atoms with Crippen LogP contribution in [0, 0.1) is 0 Å². The number of hydrogen-bond donors (Lipinski definition) is 0. The number of alkyl halides is 6. The van der Waals surface area contributed by atoms with E-state index >= 15 is 0 Å². The molecule has 0 aromatic heterocycles. The molecule has 176 valence electrons. The number of benzene rings is 2. The Labute approximate surface area is 185 Å². The Morgan fingerprint density at radius 3 is 1.69 bits per heavy atom. The predicted molar refractivity (Wildman–Crippen MR) is 115 cm³/mol. The zero-order valence-corrected chi connectivity index (χ0v) is 19.3. The highest BCUT2D eigenvalue weighted by atomic mass is 28.4. The average Bonchev–Trinajstić information content (AvgIpc) is 2.81. The smallest absolute Gasteiger partial charge is 0.416 e.